The van der Waals surface area contributed by atoms with Crippen LogP contribution in [0.15, 0.2) is 71.8 Å². The summed E-state index contributed by atoms with van der Waals surface area (Å²) in [4.78, 5) is 33.0. The van der Waals surface area contributed by atoms with Crippen molar-refractivity contribution >= 4 is 38.6 Å². The summed E-state index contributed by atoms with van der Waals surface area (Å²) in [5, 5.41) is 9.68. The van der Waals surface area contributed by atoms with Crippen LogP contribution in [0.2, 0.25) is 0 Å². The molecule has 0 radical (unpaired) electrons. The molecule has 5 rings (SSSR count). The summed E-state index contributed by atoms with van der Waals surface area (Å²) in [7, 11) is -3.83. The van der Waals surface area contributed by atoms with Gasteiger partial charge < -0.3 is 15.0 Å². The van der Waals surface area contributed by atoms with Gasteiger partial charge in [-0.15, -0.1) is 0 Å². The van der Waals surface area contributed by atoms with Crippen molar-refractivity contribution in [3.05, 3.63) is 89.2 Å². The third-order valence-corrected chi connectivity index (χ3v) is 7.64. The highest BCUT2D eigenvalue weighted by Gasteiger charge is 2.24. The Morgan fingerprint density at radius 3 is 2.61 bits per heavy atom. The summed E-state index contributed by atoms with van der Waals surface area (Å²) in [6, 6.07) is 17.0. The minimum Gasteiger partial charge on any atom is -0.481 e. The van der Waals surface area contributed by atoms with Crippen LogP contribution in [-0.4, -0.2) is 46.8 Å². The zero-order chi connectivity index (χ0) is 25.3. The normalized spacial score (nSPS) is 13.4. The fourth-order valence-corrected chi connectivity index (χ4v) is 5.39. The number of hydrogen-bond donors (Lipinski definition) is 3. The highest BCUT2D eigenvalue weighted by molar-refractivity contribution is 7.92. The van der Waals surface area contributed by atoms with Crippen LogP contribution in [0, 0.1) is 0 Å². The van der Waals surface area contributed by atoms with Crippen LogP contribution in [-0.2, 0) is 34.2 Å². The first-order chi connectivity index (χ1) is 17.3. The van der Waals surface area contributed by atoms with E-state index in [1.54, 1.807) is 41.4 Å². The van der Waals surface area contributed by atoms with E-state index in [-0.39, 0.29) is 17.2 Å². The fourth-order valence-electron chi connectivity index (χ4n) is 4.34. The number of carbonyl (C=O) groups is 2. The predicted octanol–water partition coefficient (Wildman–Crippen LogP) is 3.58. The largest absolute Gasteiger partial charge is 0.481 e. The van der Waals surface area contributed by atoms with Gasteiger partial charge in [0.25, 0.3) is 15.9 Å². The van der Waals surface area contributed by atoms with E-state index in [9.17, 15) is 18.0 Å². The number of anilines is 1. The van der Waals surface area contributed by atoms with E-state index in [4.69, 9.17) is 5.11 Å². The van der Waals surface area contributed by atoms with Crippen molar-refractivity contribution in [1.29, 1.82) is 0 Å². The van der Waals surface area contributed by atoms with E-state index in [1.165, 1.54) is 12.1 Å². The first-order valence-corrected chi connectivity index (χ1v) is 13.0. The second kappa shape index (κ2) is 9.46. The van der Waals surface area contributed by atoms with E-state index in [0.717, 1.165) is 22.1 Å². The Balaban J connectivity index is 1.30. The molecule has 1 amide bonds. The molecule has 0 spiro atoms. The maximum atomic E-state index is 13.1. The third kappa shape index (κ3) is 4.94. The molecule has 184 valence electrons. The smallest absolute Gasteiger partial charge is 0.303 e. The molecule has 2 aromatic heterocycles. The van der Waals surface area contributed by atoms with Gasteiger partial charge in [0.2, 0.25) is 0 Å². The van der Waals surface area contributed by atoms with Gasteiger partial charge in [-0.2, -0.15) is 0 Å². The Labute approximate surface area is 207 Å². The molecule has 0 fully saturated rings. The first-order valence-electron chi connectivity index (χ1n) is 11.5. The summed E-state index contributed by atoms with van der Waals surface area (Å²) in [5.74, 6) is -1.04. The van der Waals surface area contributed by atoms with E-state index in [2.05, 4.69) is 14.7 Å². The summed E-state index contributed by atoms with van der Waals surface area (Å²) in [6.07, 6.45) is 2.65. The molecular formula is C26H24N4O5S. The first kappa shape index (κ1) is 23.6. The second-order valence-corrected chi connectivity index (χ2v) is 10.4. The summed E-state index contributed by atoms with van der Waals surface area (Å²) < 4.78 is 28.4. The zero-order valence-corrected chi connectivity index (χ0v) is 20.1. The number of pyridine rings is 1. The van der Waals surface area contributed by atoms with Crippen LogP contribution in [0.25, 0.3) is 11.0 Å². The number of carbonyl (C=O) groups excluding carboxylic acids is 1. The van der Waals surface area contributed by atoms with Crippen LogP contribution in [0.4, 0.5) is 5.69 Å². The van der Waals surface area contributed by atoms with Gasteiger partial charge in [-0.05, 0) is 72.0 Å². The summed E-state index contributed by atoms with van der Waals surface area (Å²) in [6.45, 7) is 0.929. The summed E-state index contributed by atoms with van der Waals surface area (Å²) >= 11 is 0. The molecule has 0 saturated heterocycles. The average Bonchev–Trinajstić information content (AvgIpc) is 3.31. The third-order valence-electron chi connectivity index (χ3n) is 6.24. The van der Waals surface area contributed by atoms with Gasteiger partial charge in [0.15, 0.2) is 0 Å². The number of aromatic nitrogens is 2. The van der Waals surface area contributed by atoms with Gasteiger partial charge >= 0.3 is 5.97 Å². The number of nitrogens with one attached hydrogen (secondary N) is 2. The molecule has 3 heterocycles. The van der Waals surface area contributed by atoms with Gasteiger partial charge in [0.1, 0.15) is 11.3 Å². The van der Waals surface area contributed by atoms with Crippen LogP contribution >= 0.6 is 0 Å². The molecule has 36 heavy (non-hydrogen) atoms. The maximum absolute atomic E-state index is 13.1. The molecule has 10 heteroatoms. The van der Waals surface area contributed by atoms with Gasteiger partial charge in [0.05, 0.1) is 4.90 Å². The van der Waals surface area contributed by atoms with Crippen molar-refractivity contribution in [1.82, 2.24) is 14.9 Å². The topological polar surface area (TPSA) is 132 Å². The quantitative estimate of drug-likeness (QED) is 0.352. The number of aryl methyl sites for hydroxylation is 1. The number of aliphatic carboxylic acids is 1. The monoisotopic (exact) mass is 504 g/mol. The number of benzene rings is 2. The molecular weight excluding hydrogens is 480 g/mol. The molecule has 0 aliphatic carbocycles. The minimum atomic E-state index is -3.83. The van der Waals surface area contributed by atoms with E-state index < -0.39 is 16.0 Å². The average molecular weight is 505 g/mol. The lowest BCUT2D eigenvalue weighted by molar-refractivity contribution is -0.136. The number of H-pyrrole nitrogens is 1. The number of amides is 1. The molecule has 0 saturated carbocycles. The number of aromatic amines is 1. The number of nitrogens with zero attached hydrogens (tertiary/aromatic N) is 2. The molecule has 0 atom stereocenters. The van der Waals surface area contributed by atoms with E-state index in [1.807, 2.05) is 18.2 Å². The fraction of sp³-hybridized carbons (Fsp3) is 0.192. The number of sulfonamides is 1. The van der Waals surface area contributed by atoms with Crippen molar-refractivity contribution in [3.63, 3.8) is 0 Å². The molecule has 2 aromatic carbocycles. The van der Waals surface area contributed by atoms with Crippen molar-refractivity contribution in [3.8, 4) is 0 Å². The van der Waals surface area contributed by atoms with E-state index >= 15 is 0 Å². The number of carboxylic acids is 1. The zero-order valence-electron chi connectivity index (χ0n) is 19.3. The lowest BCUT2D eigenvalue weighted by Crippen LogP contribution is -2.36. The molecule has 0 unspecified atom stereocenters. The van der Waals surface area contributed by atoms with Gasteiger partial charge in [-0.25, -0.2) is 13.4 Å². The van der Waals surface area contributed by atoms with E-state index in [0.29, 0.717) is 43.0 Å². The minimum absolute atomic E-state index is 0.0177. The molecule has 3 N–H and O–H groups in total. The van der Waals surface area contributed by atoms with Crippen LogP contribution in [0.3, 0.4) is 0 Å². The maximum Gasteiger partial charge on any atom is 0.303 e. The molecule has 4 aromatic rings. The van der Waals surface area contributed by atoms with Crippen molar-refractivity contribution in [2.45, 2.75) is 30.7 Å². The lowest BCUT2D eigenvalue weighted by atomic mass is 9.99. The van der Waals surface area contributed by atoms with Crippen molar-refractivity contribution < 1.29 is 23.1 Å². The van der Waals surface area contributed by atoms with Crippen molar-refractivity contribution in [2.75, 3.05) is 11.3 Å². The summed E-state index contributed by atoms with van der Waals surface area (Å²) in [5.41, 5.74) is 4.24. The molecule has 1 aliphatic rings. The Hall–Kier alpha value is -4.18. The Morgan fingerprint density at radius 1 is 1.06 bits per heavy atom. The molecule has 9 nitrogen and oxygen atoms in total. The van der Waals surface area contributed by atoms with Crippen molar-refractivity contribution in [2.24, 2.45) is 0 Å². The Bertz CT molecular complexity index is 1530. The Kier molecular flexibility index (Phi) is 6.19. The molecule has 0 bridgehead atoms. The standard InChI is InChI=1S/C26H24N4O5S/c31-24(32)10-5-17-3-8-22(9-4-17)36(34,35)29-21-7-6-18-11-13-30(16-20(18)14-21)26(33)23-15-19-2-1-12-27-25(19)28-23/h1-4,6-9,12,14-15,29H,5,10-11,13,16H2,(H,27,28)(H,31,32). The number of fused-ring (bicyclic) bond motifs is 2. The Morgan fingerprint density at radius 2 is 1.86 bits per heavy atom. The lowest BCUT2D eigenvalue weighted by Gasteiger charge is -2.29. The highest BCUT2D eigenvalue weighted by atomic mass is 32.2. The second-order valence-electron chi connectivity index (χ2n) is 8.73. The van der Waals surface area contributed by atoms with Gasteiger partial charge in [-0.1, -0.05) is 18.2 Å². The molecule has 1 aliphatic heterocycles. The number of carboxylic acid groups (broad SMARTS) is 1. The van der Waals surface area contributed by atoms with Gasteiger partial charge in [0, 0.05) is 36.8 Å². The predicted molar refractivity (Wildman–Crippen MR) is 134 cm³/mol. The van der Waals surface area contributed by atoms with Crippen LogP contribution in [0.5, 0.6) is 0 Å². The van der Waals surface area contributed by atoms with Gasteiger partial charge in [-0.3, -0.25) is 14.3 Å². The van der Waals surface area contributed by atoms with Crippen LogP contribution < -0.4 is 4.72 Å². The van der Waals surface area contributed by atoms with Crippen LogP contribution in [0.1, 0.15) is 33.6 Å². The number of rotatable bonds is 7. The SMILES string of the molecule is O=C(O)CCc1ccc(S(=O)(=O)Nc2ccc3c(c2)CN(C(=O)c2cc4cccnc4[nH]2)CC3)cc1. The highest BCUT2D eigenvalue weighted by Crippen LogP contribution is 2.26. The number of hydrogen-bond acceptors (Lipinski definition) is 5.